The molecule has 1 N–H and O–H groups in total. The Hall–Kier alpha value is -1.96. The Morgan fingerprint density at radius 3 is 2.20 bits per heavy atom. The van der Waals surface area contributed by atoms with Crippen molar-refractivity contribution in [3.05, 3.63) is 59.2 Å². The molecule has 0 unspecified atom stereocenters. The van der Waals surface area contributed by atoms with Crippen molar-refractivity contribution in [2.45, 2.75) is 26.8 Å². The average Bonchev–Trinajstić information content (AvgIpc) is 2.46. The van der Waals surface area contributed by atoms with Gasteiger partial charge in [0.2, 0.25) is 0 Å². The number of rotatable bonds is 5. The fourth-order valence-corrected chi connectivity index (χ4v) is 2.30. The van der Waals surface area contributed by atoms with Crippen LogP contribution in [-0.2, 0) is 13.0 Å². The topological polar surface area (TPSA) is 15.3 Å². The zero-order chi connectivity index (χ0) is 14.5. The standard InChI is InChI=1S/C18H24N2/c1-5-15-7-9-16(10-8-15)13-19-17-11-6-14(2)18(12-17)20(3)4/h6-12,19H,5,13H2,1-4H3. The molecule has 0 saturated heterocycles. The fraction of sp³-hybridized carbons (Fsp3) is 0.333. The van der Waals surface area contributed by atoms with Gasteiger partial charge in [-0.2, -0.15) is 0 Å². The first kappa shape index (κ1) is 14.4. The molecule has 0 heterocycles. The second-order valence-electron chi connectivity index (χ2n) is 5.42. The van der Waals surface area contributed by atoms with Crippen molar-refractivity contribution >= 4 is 11.4 Å². The molecule has 0 saturated carbocycles. The van der Waals surface area contributed by atoms with Crippen LogP contribution in [0, 0.1) is 6.92 Å². The molecular formula is C18H24N2. The Labute approximate surface area is 122 Å². The van der Waals surface area contributed by atoms with Gasteiger partial charge in [0.05, 0.1) is 0 Å². The summed E-state index contributed by atoms with van der Waals surface area (Å²) in [6, 6.07) is 15.3. The van der Waals surface area contributed by atoms with E-state index in [0.29, 0.717) is 0 Å². The van der Waals surface area contributed by atoms with Gasteiger partial charge in [0.15, 0.2) is 0 Å². The van der Waals surface area contributed by atoms with E-state index in [1.807, 2.05) is 0 Å². The minimum Gasteiger partial charge on any atom is -0.381 e. The zero-order valence-corrected chi connectivity index (χ0v) is 12.9. The third kappa shape index (κ3) is 3.53. The van der Waals surface area contributed by atoms with Crippen LogP contribution in [0.2, 0.25) is 0 Å². The molecule has 2 rings (SSSR count). The molecular weight excluding hydrogens is 244 g/mol. The molecule has 0 fully saturated rings. The van der Waals surface area contributed by atoms with E-state index >= 15 is 0 Å². The molecule has 0 aliphatic heterocycles. The largest absolute Gasteiger partial charge is 0.381 e. The SMILES string of the molecule is CCc1ccc(CNc2ccc(C)c(N(C)C)c2)cc1. The second kappa shape index (κ2) is 6.47. The number of nitrogens with one attached hydrogen (secondary N) is 1. The lowest BCUT2D eigenvalue weighted by atomic mass is 10.1. The van der Waals surface area contributed by atoms with Gasteiger partial charge in [0, 0.05) is 32.0 Å². The van der Waals surface area contributed by atoms with Gasteiger partial charge in [-0.25, -0.2) is 0 Å². The third-order valence-electron chi connectivity index (χ3n) is 3.62. The molecule has 2 heteroatoms. The third-order valence-corrected chi connectivity index (χ3v) is 3.62. The van der Waals surface area contributed by atoms with Crippen molar-refractivity contribution < 1.29 is 0 Å². The van der Waals surface area contributed by atoms with E-state index in [9.17, 15) is 0 Å². The maximum Gasteiger partial charge on any atom is 0.0411 e. The average molecular weight is 268 g/mol. The maximum atomic E-state index is 3.49. The molecule has 106 valence electrons. The summed E-state index contributed by atoms with van der Waals surface area (Å²) < 4.78 is 0. The highest BCUT2D eigenvalue weighted by Crippen LogP contribution is 2.22. The molecule has 0 amide bonds. The summed E-state index contributed by atoms with van der Waals surface area (Å²) in [7, 11) is 4.16. The highest BCUT2D eigenvalue weighted by molar-refractivity contribution is 5.61. The van der Waals surface area contributed by atoms with Crippen LogP contribution in [0.1, 0.15) is 23.6 Å². The Bertz CT molecular complexity index is 556. The first-order chi connectivity index (χ1) is 9.60. The van der Waals surface area contributed by atoms with Crippen LogP contribution in [0.4, 0.5) is 11.4 Å². The number of nitrogens with zero attached hydrogens (tertiary/aromatic N) is 1. The van der Waals surface area contributed by atoms with E-state index in [-0.39, 0.29) is 0 Å². The maximum absolute atomic E-state index is 3.49. The smallest absolute Gasteiger partial charge is 0.0411 e. The molecule has 2 aromatic rings. The molecule has 2 aromatic carbocycles. The Morgan fingerprint density at radius 2 is 1.60 bits per heavy atom. The molecule has 0 aliphatic rings. The lowest BCUT2D eigenvalue weighted by molar-refractivity contribution is 1.09. The van der Waals surface area contributed by atoms with Crippen LogP contribution in [-0.4, -0.2) is 14.1 Å². The highest BCUT2D eigenvalue weighted by Gasteiger charge is 2.02. The van der Waals surface area contributed by atoms with E-state index in [4.69, 9.17) is 0 Å². The first-order valence-corrected chi connectivity index (χ1v) is 7.20. The second-order valence-corrected chi connectivity index (χ2v) is 5.42. The van der Waals surface area contributed by atoms with E-state index in [2.05, 4.69) is 80.6 Å². The highest BCUT2D eigenvalue weighted by atomic mass is 15.1. The van der Waals surface area contributed by atoms with Crippen molar-refractivity contribution in [2.24, 2.45) is 0 Å². The minimum atomic E-state index is 0.861. The van der Waals surface area contributed by atoms with Crippen LogP contribution >= 0.6 is 0 Å². The summed E-state index contributed by atoms with van der Waals surface area (Å²) >= 11 is 0. The lowest BCUT2D eigenvalue weighted by Gasteiger charge is -2.17. The number of hydrogen-bond donors (Lipinski definition) is 1. The summed E-state index contributed by atoms with van der Waals surface area (Å²) in [5, 5.41) is 3.49. The van der Waals surface area contributed by atoms with Gasteiger partial charge < -0.3 is 10.2 Å². The minimum absolute atomic E-state index is 0.861. The van der Waals surface area contributed by atoms with E-state index in [0.717, 1.165) is 13.0 Å². The molecule has 0 bridgehead atoms. The van der Waals surface area contributed by atoms with Crippen LogP contribution in [0.25, 0.3) is 0 Å². The summed E-state index contributed by atoms with van der Waals surface area (Å²) in [4.78, 5) is 2.15. The fourth-order valence-electron chi connectivity index (χ4n) is 2.30. The number of hydrogen-bond acceptors (Lipinski definition) is 2. The predicted octanol–water partition coefficient (Wildman–Crippen LogP) is 4.24. The number of aryl methyl sites for hydroxylation is 2. The van der Waals surface area contributed by atoms with E-state index in [1.54, 1.807) is 0 Å². The van der Waals surface area contributed by atoms with Gasteiger partial charge in [-0.3, -0.25) is 0 Å². The quantitative estimate of drug-likeness (QED) is 0.872. The van der Waals surface area contributed by atoms with E-state index in [1.165, 1.54) is 28.1 Å². The Morgan fingerprint density at radius 1 is 0.950 bits per heavy atom. The molecule has 0 atom stereocenters. The summed E-state index contributed by atoms with van der Waals surface area (Å²) in [5.41, 5.74) is 6.43. The van der Waals surface area contributed by atoms with Gasteiger partial charge in [-0.15, -0.1) is 0 Å². The van der Waals surface area contributed by atoms with Crippen molar-refractivity contribution in [3.8, 4) is 0 Å². The van der Waals surface area contributed by atoms with Gasteiger partial charge in [-0.1, -0.05) is 37.3 Å². The first-order valence-electron chi connectivity index (χ1n) is 7.20. The van der Waals surface area contributed by atoms with E-state index < -0.39 is 0 Å². The van der Waals surface area contributed by atoms with Crippen molar-refractivity contribution in [1.29, 1.82) is 0 Å². The zero-order valence-electron chi connectivity index (χ0n) is 12.9. The van der Waals surface area contributed by atoms with Crippen molar-refractivity contribution in [1.82, 2.24) is 0 Å². The van der Waals surface area contributed by atoms with Crippen LogP contribution < -0.4 is 10.2 Å². The van der Waals surface area contributed by atoms with Gasteiger partial charge >= 0.3 is 0 Å². The summed E-state index contributed by atoms with van der Waals surface area (Å²) in [6.45, 7) is 5.19. The van der Waals surface area contributed by atoms with Gasteiger partial charge in [0.1, 0.15) is 0 Å². The lowest BCUT2D eigenvalue weighted by Crippen LogP contribution is -2.10. The molecule has 0 aromatic heterocycles. The molecule has 2 nitrogen and oxygen atoms in total. The molecule has 0 aliphatic carbocycles. The van der Waals surface area contributed by atoms with Crippen LogP contribution in [0.15, 0.2) is 42.5 Å². The van der Waals surface area contributed by atoms with Crippen molar-refractivity contribution in [2.75, 3.05) is 24.3 Å². The predicted molar refractivity (Wildman–Crippen MR) is 88.7 cm³/mol. The Balaban J connectivity index is 2.04. The molecule has 20 heavy (non-hydrogen) atoms. The Kier molecular flexibility index (Phi) is 4.67. The molecule has 0 radical (unpaired) electrons. The van der Waals surface area contributed by atoms with Crippen LogP contribution in [0.5, 0.6) is 0 Å². The monoisotopic (exact) mass is 268 g/mol. The normalized spacial score (nSPS) is 10.4. The summed E-state index contributed by atoms with van der Waals surface area (Å²) in [6.07, 6.45) is 1.10. The number of benzene rings is 2. The van der Waals surface area contributed by atoms with Crippen LogP contribution in [0.3, 0.4) is 0 Å². The van der Waals surface area contributed by atoms with Crippen molar-refractivity contribution in [3.63, 3.8) is 0 Å². The summed E-state index contributed by atoms with van der Waals surface area (Å²) in [5.74, 6) is 0. The van der Waals surface area contributed by atoms with Gasteiger partial charge in [0.25, 0.3) is 0 Å². The number of anilines is 2. The van der Waals surface area contributed by atoms with Gasteiger partial charge in [-0.05, 0) is 42.2 Å². The molecule has 0 spiro atoms.